The third-order valence-electron chi connectivity index (χ3n) is 2.73. The summed E-state index contributed by atoms with van der Waals surface area (Å²) in [5.41, 5.74) is 2.05. The van der Waals surface area contributed by atoms with Crippen LogP contribution in [0.2, 0.25) is 5.02 Å². The van der Waals surface area contributed by atoms with Crippen LogP contribution < -0.4 is 0 Å². The quantitative estimate of drug-likeness (QED) is 0.645. The van der Waals surface area contributed by atoms with E-state index in [9.17, 15) is 8.78 Å². The van der Waals surface area contributed by atoms with Crippen LogP contribution in [0.1, 0.15) is 21.5 Å². The summed E-state index contributed by atoms with van der Waals surface area (Å²) >= 11 is 9.60. The van der Waals surface area contributed by atoms with Gasteiger partial charge in [0.1, 0.15) is 11.6 Å². The Hall–Kier alpha value is -0.930. The highest BCUT2D eigenvalue weighted by atomic mass is 79.9. The zero-order valence-electron chi connectivity index (χ0n) is 9.55. The van der Waals surface area contributed by atoms with Crippen molar-refractivity contribution in [3.05, 3.63) is 69.7 Å². The molecule has 18 heavy (non-hydrogen) atoms. The van der Waals surface area contributed by atoms with Gasteiger partial charge < -0.3 is 0 Å². The molecule has 1 unspecified atom stereocenters. The van der Waals surface area contributed by atoms with Crippen molar-refractivity contribution in [2.45, 2.75) is 11.8 Å². The van der Waals surface area contributed by atoms with Gasteiger partial charge in [-0.3, -0.25) is 0 Å². The largest absolute Gasteiger partial charge is 0.207 e. The fourth-order valence-electron chi connectivity index (χ4n) is 1.74. The van der Waals surface area contributed by atoms with Gasteiger partial charge >= 0.3 is 0 Å². The standard InChI is InChI=1S/C14H10BrClF2/c1-8-3-2-4-11(14(8)16)13(15)10-6-5-9(17)7-12(10)18/h2-7,13H,1H3. The van der Waals surface area contributed by atoms with Gasteiger partial charge in [0, 0.05) is 16.7 Å². The Labute approximate surface area is 118 Å². The average Bonchev–Trinajstić information content (AvgIpc) is 2.32. The Morgan fingerprint density at radius 3 is 2.50 bits per heavy atom. The van der Waals surface area contributed by atoms with Gasteiger partial charge in [0.2, 0.25) is 0 Å². The predicted octanol–water partition coefficient (Wildman–Crippen LogP) is 5.41. The molecule has 2 aromatic carbocycles. The van der Waals surface area contributed by atoms with Gasteiger partial charge in [-0.25, -0.2) is 8.78 Å². The van der Waals surface area contributed by atoms with E-state index >= 15 is 0 Å². The first-order valence-electron chi connectivity index (χ1n) is 5.34. The Morgan fingerprint density at radius 2 is 1.83 bits per heavy atom. The Morgan fingerprint density at radius 1 is 1.11 bits per heavy atom. The van der Waals surface area contributed by atoms with Crippen molar-refractivity contribution < 1.29 is 8.78 Å². The second-order valence-corrected chi connectivity index (χ2v) is 5.30. The lowest BCUT2D eigenvalue weighted by Crippen LogP contribution is -1.99. The molecule has 0 saturated heterocycles. The molecule has 0 spiro atoms. The maximum atomic E-state index is 13.7. The van der Waals surface area contributed by atoms with E-state index in [1.54, 1.807) is 0 Å². The molecule has 0 aromatic heterocycles. The smallest absolute Gasteiger partial charge is 0.130 e. The number of hydrogen-bond acceptors (Lipinski definition) is 0. The lowest BCUT2D eigenvalue weighted by molar-refractivity contribution is 0.574. The second kappa shape index (κ2) is 5.37. The molecule has 0 N–H and O–H groups in total. The summed E-state index contributed by atoms with van der Waals surface area (Å²) in [4.78, 5) is -0.398. The van der Waals surface area contributed by atoms with Crippen LogP contribution in [0.4, 0.5) is 8.78 Å². The zero-order valence-corrected chi connectivity index (χ0v) is 11.9. The van der Waals surface area contributed by atoms with Crippen LogP contribution in [0.5, 0.6) is 0 Å². The van der Waals surface area contributed by atoms with E-state index in [2.05, 4.69) is 15.9 Å². The molecule has 94 valence electrons. The van der Waals surface area contributed by atoms with Gasteiger partial charge in [-0.15, -0.1) is 0 Å². The Kier molecular flexibility index (Phi) is 4.03. The molecule has 1 atom stereocenters. The highest BCUT2D eigenvalue weighted by molar-refractivity contribution is 9.09. The third-order valence-corrected chi connectivity index (χ3v) is 4.23. The molecule has 2 rings (SSSR count). The summed E-state index contributed by atoms with van der Waals surface area (Å²) in [5, 5.41) is 0.586. The number of rotatable bonds is 2. The molecule has 0 saturated carbocycles. The molecule has 0 bridgehead atoms. The van der Waals surface area contributed by atoms with Gasteiger partial charge in [0.05, 0.1) is 4.83 Å². The van der Waals surface area contributed by atoms with Gasteiger partial charge in [-0.2, -0.15) is 0 Å². The number of halogens is 4. The van der Waals surface area contributed by atoms with Crippen LogP contribution in [-0.2, 0) is 0 Å². The maximum Gasteiger partial charge on any atom is 0.130 e. The fraction of sp³-hybridized carbons (Fsp3) is 0.143. The molecule has 0 amide bonds. The van der Waals surface area contributed by atoms with Crippen molar-refractivity contribution >= 4 is 27.5 Å². The maximum absolute atomic E-state index is 13.7. The molecule has 0 fully saturated rings. The Bertz CT molecular complexity index is 584. The first-order chi connectivity index (χ1) is 8.50. The molecule has 4 heteroatoms. The van der Waals surface area contributed by atoms with E-state index in [0.29, 0.717) is 10.6 Å². The molecule has 0 aliphatic carbocycles. The van der Waals surface area contributed by atoms with Crippen molar-refractivity contribution in [1.82, 2.24) is 0 Å². The SMILES string of the molecule is Cc1cccc(C(Br)c2ccc(F)cc2F)c1Cl. The zero-order chi connectivity index (χ0) is 13.3. The van der Waals surface area contributed by atoms with Crippen LogP contribution in [0.15, 0.2) is 36.4 Å². The average molecular weight is 332 g/mol. The molecule has 0 radical (unpaired) electrons. The Balaban J connectivity index is 2.48. The first-order valence-corrected chi connectivity index (χ1v) is 6.64. The summed E-state index contributed by atoms with van der Waals surface area (Å²) in [6.45, 7) is 1.88. The van der Waals surface area contributed by atoms with Crippen molar-refractivity contribution in [3.8, 4) is 0 Å². The van der Waals surface area contributed by atoms with Crippen molar-refractivity contribution in [2.75, 3.05) is 0 Å². The predicted molar refractivity (Wildman–Crippen MR) is 73.3 cm³/mol. The number of benzene rings is 2. The summed E-state index contributed by atoms with van der Waals surface area (Å²) in [6, 6.07) is 9.07. The number of alkyl halides is 1. The van der Waals surface area contributed by atoms with Gasteiger partial charge in [0.25, 0.3) is 0 Å². The summed E-state index contributed by atoms with van der Waals surface area (Å²) in [7, 11) is 0. The van der Waals surface area contributed by atoms with E-state index in [0.717, 1.165) is 17.2 Å². The monoisotopic (exact) mass is 330 g/mol. The molecular weight excluding hydrogens is 322 g/mol. The minimum atomic E-state index is -0.591. The molecular formula is C14H10BrClF2. The van der Waals surface area contributed by atoms with Crippen LogP contribution in [0.3, 0.4) is 0 Å². The molecule has 0 aliphatic rings. The van der Waals surface area contributed by atoms with E-state index in [1.165, 1.54) is 12.1 Å². The second-order valence-electron chi connectivity index (χ2n) is 4.01. The number of hydrogen-bond donors (Lipinski definition) is 0. The fourth-order valence-corrected chi connectivity index (χ4v) is 2.86. The van der Waals surface area contributed by atoms with Crippen molar-refractivity contribution in [2.24, 2.45) is 0 Å². The summed E-state index contributed by atoms with van der Waals surface area (Å²) in [6.07, 6.45) is 0. The van der Waals surface area contributed by atoms with Crippen LogP contribution in [-0.4, -0.2) is 0 Å². The van der Waals surface area contributed by atoms with Crippen molar-refractivity contribution in [1.29, 1.82) is 0 Å². The highest BCUT2D eigenvalue weighted by Gasteiger charge is 2.18. The van der Waals surface area contributed by atoms with Gasteiger partial charge in [0.15, 0.2) is 0 Å². The molecule has 2 aromatic rings. The van der Waals surface area contributed by atoms with Crippen LogP contribution in [0, 0.1) is 18.6 Å². The van der Waals surface area contributed by atoms with Gasteiger partial charge in [-0.05, 0) is 24.1 Å². The van der Waals surface area contributed by atoms with Gasteiger partial charge in [-0.1, -0.05) is 51.8 Å². The molecule has 0 aliphatic heterocycles. The molecule has 0 heterocycles. The first kappa shape index (κ1) is 13.5. The lowest BCUT2D eigenvalue weighted by Gasteiger charge is -2.14. The van der Waals surface area contributed by atoms with E-state index in [-0.39, 0.29) is 0 Å². The highest BCUT2D eigenvalue weighted by Crippen LogP contribution is 2.37. The normalized spacial score (nSPS) is 12.5. The van der Waals surface area contributed by atoms with E-state index in [4.69, 9.17) is 11.6 Å². The minimum Gasteiger partial charge on any atom is -0.207 e. The van der Waals surface area contributed by atoms with Crippen LogP contribution in [0.25, 0.3) is 0 Å². The lowest BCUT2D eigenvalue weighted by atomic mass is 10.0. The topological polar surface area (TPSA) is 0 Å². The summed E-state index contributed by atoms with van der Waals surface area (Å²) < 4.78 is 26.6. The third kappa shape index (κ3) is 2.57. The number of aryl methyl sites for hydroxylation is 1. The van der Waals surface area contributed by atoms with Crippen molar-refractivity contribution in [3.63, 3.8) is 0 Å². The minimum absolute atomic E-state index is 0.365. The van der Waals surface area contributed by atoms with E-state index in [1.807, 2.05) is 25.1 Å². The summed E-state index contributed by atoms with van der Waals surface area (Å²) in [5.74, 6) is -1.18. The molecule has 0 nitrogen and oxygen atoms in total. The van der Waals surface area contributed by atoms with Crippen LogP contribution >= 0.6 is 27.5 Å². The van der Waals surface area contributed by atoms with E-state index < -0.39 is 16.5 Å².